The number of benzene rings is 2. The van der Waals surface area contributed by atoms with Crippen LogP contribution in [0.3, 0.4) is 0 Å². The van der Waals surface area contributed by atoms with E-state index in [0.29, 0.717) is 13.2 Å². The zero-order valence-electron chi connectivity index (χ0n) is 12.0. The summed E-state index contributed by atoms with van der Waals surface area (Å²) in [7, 11) is 0. The molecule has 1 aliphatic carbocycles. The molecule has 0 amide bonds. The van der Waals surface area contributed by atoms with Gasteiger partial charge in [0.15, 0.2) is 0 Å². The van der Waals surface area contributed by atoms with Crippen molar-refractivity contribution in [1.29, 1.82) is 0 Å². The minimum Gasteiger partial charge on any atom is -0.490 e. The summed E-state index contributed by atoms with van der Waals surface area (Å²) in [6.07, 6.45) is 5.00. The van der Waals surface area contributed by atoms with Gasteiger partial charge in [0.1, 0.15) is 24.7 Å². The molecule has 0 atom stereocenters. The average molecular weight is 347 g/mol. The normalized spacial score (nSPS) is 13.6. The fourth-order valence-corrected chi connectivity index (χ4v) is 2.91. The molecule has 21 heavy (non-hydrogen) atoms. The first kappa shape index (κ1) is 14.5. The lowest BCUT2D eigenvalue weighted by molar-refractivity contribution is 0.217. The largest absolute Gasteiger partial charge is 0.490 e. The van der Waals surface area contributed by atoms with Gasteiger partial charge in [-0.2, -0.15) is 0 Å². The number of aryl methyl sites for hydroxylation is 2. The summed E-state index contributed by atoms with van der Waals surface area (Å²) in [5.41, 5.74) is 2.94. The van der Waals surface area contributed by atoms with Crippen LogP contribution in [0.1, 0.15) is 24.0 Å². The summed E-state index contributed by atoms with van der Waals surface area (Å²) in [4.78, 5) is 0. The molecule has 0 spiro atoms. The molecule has 0 radical (unpaired) electrons. The SMILES string of the molecule is Brc1ccc(OCCOc2ccc3c(c2)CCCC3)cc1. The average Bonchev–Trinajstić information content (AvgIpc) is 2.53. The second-order valence-corrected chi connectivity index (χ2v) is 6.20. The molecule has 2 aromatic carbocycles. The molecule has 0 fully saturated rings. The van der Waals surface area contributed by atoms with Gasteiger partial charge >= 0.3 is 0 Å². The Morgan fingerprint density at radius 1 is 0.762 bits per heavy atom. The molecular weight excluding hydrogens is 328 g/mol. The second kappa shape index (κ2) is 6.99. The number of hydrogen-bond acceptors (Lipinski definition) is 2. The highest BCUT2D eigenvalue weighted by atomic mass is 79.9. The highest BCUT2D eigenvalue weighted by Crippen LogP contribution is 2.25. The Morgan fingerprint density at radius 3 is 2.14 bits per heavy atom. The van der Waals surface area contributed by atoms with Crippen LogP contribution in [0, 0.1) is 0 Å². The zero-order valence-corrected chi connectivity index (χ0v) is 13.6. The Hall–Kier alpha value is -1.48. The number of rotatable bonds is 5. The Bertz CT molecular complexity index is 593. The molecule has 0 saturated heterocycles. The lowest BCUT2D eigenvalue weighted by atomic mass is 9.92. The third-order valence-electron chi connectivity index (χ3n) is 3.75. The van der Waals surface area contributed by atoms with E-state index in [-0.39, 0.29) is 0 Å². The minimum atomic E-state index is 0.554. The monoisotopic (exact) mass is 346 g/mol. The maximum Gasteiger partial charge on any atom is 0.122 e. The van der Waals surface area contributed by atoms with Gasteiger partial charge in [0.05, 0.1) is 0 Å². The highest BCUT2D eigenvalue weighted by molar-refractivity contribution is 9.10. The number of fused-ring (bicyclic) bond motifs is 1. The Labute approximate surface area is 134 Å². The molecule has 0 saturated carbocycles. The maximum atomic E-state index is 5.78. The van der Waals surface area contributed by atoms with Crippen LogP contribution in [-0.4, -0.2) is 13.2 Å². The third kappa shape index (κ3) is 4.01. The zero-order chi connectivity index (χ0) is 14.5. The fraction of sp³-hybridized carbons (Fsp3) is 0.333. The lowest BCUT2D eigenvalue weighted by Crippen LogP contribution is -2.10. The van der Waals surface area contributed by atoms with Gasteiger partial charge in [-0.15, -0.1) is 0 Å². The smallest absolute Gasteiger partial charge is 0.122 e. The van der Waals surface area contributed by atoms with E-state index < -0.39 is 0 Å². The van der Waals surface area contributed by atoms with E-state index in [1.54, 1.807) is 0 Å². The van der Waals surface area contributed by atoms with E-state index in [4.69, 9.17) is 9.47 Å². The van der Waals surface area contributed by atoms with E-state index >= 15 is 0 Å². The summed E-state index contributed by atoms with van der Waals surface area (Å²) in [5.74, 6) is 1.82. The third-order valence-corrected chi connectivity index (χ3v) is 4.28. The molecule has 2 aromatic rings. The highest BCUT2D eigenvalue weighted by Gasteiger charge is 2.09. The molecule has 0 unspecified atom stereocenters. The fourth-order valence-electron chi connectivity index (χ4n) is 2.65. The van der Waals surface area contributed by atoms with Crippen molar-refractivity contribution in [3.05, 3.63) is 58.1 Å². The number of hydrogen-bond donors (Lipinski definition) is 0. The van der Waals surface area contributed by atoms with Crippen molar-refractivity contribution in [2.75, 3.05) is 13.2 Å². The van der Waals surface area contributed by atoms with E-state index in [1.165, 1.54) is 36.8 Å². The topological polar surface area (TPSA) is 18.5 Å². The summed E-state index contributed by atoms with van der Waals surface area (Å²) in [5, 5.41) is 0. The molecular formula is C18H19BrO2. The molecule has 1 aliphatic rings. The van der Waals surface area contributed by atoms with Crippen LogP contribution in [0.2, 0.25) is 0 Å². The van der Waals surface area contributed by atoms with Crippen molar-refractivity contribution < 1.29 is 9.47 Å². The van der Waals surface area contributed by atoms with Crippen LogP contribution in [0.25, 0.3) is 0 Å². The van der Waals surface area contributed by atoms with Crippen LogP contribution in [-0.2, 0) is 12.8 Å². The molecule has 0 heterocycles. The second-order valence-electron chi connectivity index (χ2n) is 5.29. The summed E-state index contributed by atoms with van der Waals surface area (Å²) >= 11 is 3.41. The van der Waals surface area contributed by atoms with Crippen molar-refractivity contribution in [3.63, 3.8) is 0 Å². The summed E-state index contributed by atoms with van der Waals surface area (Å²) in [6.45, 7) is 1.12. The van der Waals surface area contributed by atoms with Crippen molar-refractivity contribution in [3.8, 4) is 11.5 Å². The van der Waals surface area contributed by atoms with Gasteiger partial charge in [-0.3, -0.25) is 0 Å². The van der Waals surface area contributed by atoms with Crippen LogP contribution >= 0.6 is 15.9 Å². The van der Waals surface area contributed by atoms with Crippen LogP contribution in [0.15, 0.2) is 46.9 Å². The van der Waals surface area contributed by atoms with Crippen LogP contribution in [0.4, 0.5) is 0 Å². The quantitative estimate of drug-likeness (QED) is 0.725. The minimum absolute atomic E-state index is 0.554. The molecule has 0 aromatic heterocycles. The Balaban J connectivity index is 1.48. The van der Waals surface area contributed by atoms with E-state index in [2.05, 4.69) is 34.1 Å². The molecule has 2 nitrogen and oxygen atoms in total. The van der Waals surface area contributed by atoms with Crippen molar-refractivity contribution in [2.24, 2.45) is 0 Å². The molecule has 0 aliphatic heterocycles. The van der Waals surface area contributed by atoms with Gasteiger partial charge in [-0.1, -0.05) is 22.0 Å². The van der Waals surface area contributed by atoms with Crippen molar-refractivity contribution >= 4 is 15.9 Å². The Morgan fingerprint density at radius 2 is 1.38 bits per heavy atom. The number of ether oxygens (including phenoxy) is 2. The first-order valence-electron chi connectivity index (χ1n) is 7.44. The Kier molecular flexibility index (Phi) is 4.81. The predicted molar refractivity (Wildman–Crippen MR) is 88.2 cm³/mol. The molecule has 0 bridgehead atoms. The van der Waals surface area contributed by atoms with E-state index in [1.807, 2.05) is 24.3 Å². The van der Waals surface area contributed by atoms with Crippen molar-refractivity contribution in [2.45, 2.75) is 25.7 Å². The van der Waals surface area contributed by atoms with Gasteiger partial charge in [0.25, 0.3) is 0 Å². The van der Waals surface area contributed by atoms with Gasteiger partial charge in [0.2, 0.25) is 0 Å². The maximum absolute atomic E-state index is 5.78. The first-order chi connectivity index (χ1) is 10.3. The standard InChI is InChI=1S/C18H19BrO2/c19-16-6-9-17(10-7-16)20-11-12-21-18-8-5-14-3-1-2-4-15(14)13-18/h5-10,13H,1-4,11-12H2. The predicted octanol–water partition coefficient (Wildman–Crippen LogP) is 4.79. The van der Waals surface area contributed by atoms with Crippen molar-refractivity contribution in [1.82, 2.24) is 0 Å². The number of halogens is 1. The molecule has 0 N–H and O–H groups in total. The molecule has 110 valence electrons. The van der Waals surface area contributed by atoms with Gasteiger partial charge < -0.3 is 9.47 Å². The van der Waals surface area contributed by atoms with Gasteiger partial charge in [-0.25, -0.2) is 0 Å². The van der Waals surface area contributed by atoms with E-state index in [0.717, 1.165) is 16.0 Å². The lowest BCUT2D eigenvalue weighted by Gasteiger charge is -2.16. The van der Waals surface area contributed by atoms with Gasteiger partial charge in [-0.05, 0) is 73.2 Å². The van der Waals surface area contributed by atoms with Crippen LogP contribution < -0.4 is 9.47 Å². The summed E-state index contributed by atoms with van der Waals surface area (Å²) in [6, 6.07) is 14.3. The van der Waals surface area contributed by atoms with E-state index in [9.17, 15) is 0 Å². The first-order valence-corrected chi connectivity index (χ1v) is 8.23. The van der Waals surface area contributed by atoms with Crippen LogP contribution in [0.5, 0.6) is 11.5 Å². The van der Waals surface area contributed by atoms with Gasteiger partial charge in [0, 0.05) is 4.47 Å². The molecule has 3 heteroatoms. The summed E-state index contributed by atoms with van der Waals surface area (Å²) < 4.78 is 12.5. The molecule has 3 rings (SSSR count).